The van der Waals surface area contributed by atoms with E-state index in [-0.39, 0.29) is 0 Å². The molecule has 11 heteroatoms. The number of aliphatic hydroxyl groups is 8. The van der Waals surface area contributed by atoms with Crippen LogP contribution in [0, 0.1) is 0 Å². The Morgan fingerprint density at radius 3 is 1.83 bits per heavy atom. The van der Waals surface area contributed by atoms with Gasteiger partial charge in [-0.2, -0.15) is 0 Å². The molecule has 1 unspecified atom stereocenters. The lowest BCUT2D eigenvalue weighted by Crippen LogP contribution is -2.61. The molecule has 2 rings (SSSR count). The Hall–Kier alpha value is -0.440. The maximum Gasteiger partial charge on any atom is 0.186 e. The van der Waals surface area contributed by atoms with Crippen molar-refractivity contribution >= 4 is 0 Å². The molecule has 0 aromatic rings. The Labute approximate surface area is 130 Å². The topological polar surface area (TPSA) is 190 Å². The van der Waals surface area contributed by atoms with Crippen LogP contribution in [0.2, 0.25) is 0 Å². The van der Waals surface area contributed by atoms with Gasteiger partial charge in [-0.05, 0) is 0 Å². The van der Waals surface area contributed by atoms with Crippen LogP contribution in [-0.2, 0) is 14.2 Å². The molecule has 0 aromatic heterocycles. The largest absolute Gasteiger partial charge is 0.394 e. The standard InChI is InChI=1S/C12H22O11/c13-1-3-5(14)8(17)10(19)12(23-3)21-2-4-6(15)7(16)9(18)11(20)22-4/h3-20H,1-2H2/t3-,4-,5-,6-,7+,8+,9-,10-,11-,12?/m1/s1. The Balaban J connectivity index is 1.94. The van der Waals surface area contributed by atoms with Gasteiger partial charge >= 0.3 is 0 Å². The average molecular weight is 342 g/mol. The molecule has 2 aliphatic heterocycles. The first-order valence-electron chi connectivity index (χ1n) is 7.07. The van der Waals surface area contributed by atoms with Crippen LogP contribution in [0.15, 0.2) is 0 Å². The van der Waals surface area contributed by atoms with Gasteiger partial charge in [-0.15, -0.1) is 0 Å². The van der Waals surface area contributed by atoms with Crippen LogP contribution in [-0.4, -0.2) is 115 Å². The molecule has 0 aromatic carbocycles. The van der Waals surface area contributed by atoms with Crippen molar-refractivity contribution in [2.45, 2.75) is 61.4 Å². The summed E-state index contributed by atoms with van der Waals surface area (Å²) >= 11 is 0. The summed E-state index contributed by atoms with van der Waals surface area (Å²) in [4.78, 5) is 0. The van der Waals surface area contributed by atoms with Gasteiger partial charge in [0.1, 0.15) is 48.8 Å². The zero-order valence-corrected chi connectivity index (χ0v) is 12.0. The van der Waals surface area contributed by atoms with E-state index in [1.807, 2.05) is 0 Å². The third-order valence-electron chi connectivity index (χ3n) is 3.96. The van der Waals surface area contributed by atoms with Crippen LogP contribution in [0.4, 0.5) is 0 Å². The van der Waals surface area contributed by atoms with Crippen LogP contribution in [0.3, 0.4) is 0 Å². The zero-order chi connectivity index (χ0) is 17.3. The smallest absolute Gasteiger partial charge is 0.186 e. The minimum Gasteiger partial charge on any atom is -0.394 e. The van der Waals surface area contributed by atoms with Crippen molar-refractivity contribution in [3.05, 3.63) is 0 Å². The summed E-state index contributed by atoms with van der Waals surface area (Å²) in [5.74, 6) is 0. The molecule has 0 spiro atoms. The predicted molar refractivity (Wildman–Crippen MR) is 68.6 cm³/mol. The first-order valence-corrected chi connectivity index (χ1v) is 7.07. The quantitative estimate of drug-likeness (QED) is 0.243. The number of hydrogen-bond donors (Lipinski definition) is 8. The van der Waals surface area contributed by atoms with E-state index in [9.17, 15) is 35.7 Å². The first kappa shape index (κ1) is 18.9. The van der Waals surface area contributed by atoms with E-state index < -0.39 is 74.6 Å². The monoisotopic (exact) mass is 342 g/mol. The highest BCUT2D eigenvalue weighted by Gasteiger charge is 2.46. The molecule has 2 saturated heterocycles. The SMILES string of the molecule is OC[C@H]1OC(OC[C@H]2O[C@@H](O)[C@H](O)[C@@H](O)[C@@H]2O)[C@H](O)[C@@H](O)[C@@H]1O. The second kappa shape index (κ2) is 7.63. The molecule has 0 bridgehead atoms. The Morgan fingerprint density at radius 2 is 1.22 bits per heavy atom. The number of aliphatic hydroxyl groups excluding tert-OH is 8. The predicted octanol–water partition coefficient (Wildman–Crippen LogP) is -5.40. The van der Waals surface area contributed by atoms with Crippen molar-refractivity contribution in [1.29, 1.82) is 0 Å². The molecule has 2 heterocycles. The number of rotatable bonds is 4. The van der Waals surface area contributed by atoms with E-state index >= 15 is 0 Å². The molecular formula is C12H22O11. The van der Waals surface area contributed by atoms with Gasteiger partial charge in [-0.1, -0.05) is 0 Å². The molecular weight excluding hydrogens is 320 g/mol. The van der Waals surface area contributed by atoms with Crippen LogP contribution < -0.4 is 0 Å². The molecule has 0 saturated carbocycles. The van der Waals surface area contributed by atoms with Crippen molar-refractivity contribution in [2.24, 2.45) is 0 Å². The molecule has 23 heavy (non-hydrogen) atoms. The van der Waals surface area contributed by atoms with E-state index in [2.05, 4.69) is 0 Å². The lowest BCUT2D eigenvalue weighted by molar-refractivity contribution is -0.325. The van der Waals surface area contributed by atoms with Crippen LogP contribution in [0.5, 0.6) is 0 Å². The fourth-order valence-electron chi connectivity index (χ4n) is 2.46. The van der Waals surface area contributed by atoms with Gasteiger partial charge in [-0.3, -0.25) is 0 Å². The number of hydrogen-bond acceptors (Lipinski definition) is 11. The van der Waals surface area contributed by atoms with Gasteiger partial charge in [0.05, 0.1) is 13.2 Å². The minimum atomic E-state index is -1.74. The van der Waals surface area contributed by atoms with Crippen molar-refractivity contribution in [2.75, 3.05) is 13.2 Å². The highest BCUT2D eigenvalue weighted by Crippen LogP contribution is 2.24. The zero-order valence-electron chi connectivity index (χ0n) is 12.0. The number of ether oxygens (including phenoxy) is 3. The molecule has 0 amide bonds. The lowest BCUT2D eigenvalue weighted by atomic mass is 9.98. The Kier molecular flexibility index (Phi) is 6.27. The van der Waals surface area contributed by atoms with Gasteiger partial charge in [-0.25, -0.2) is 0 Å². The summed E-state index contributed by atoms with van der Waals surface area (Å²) < 4.78 is 15.1. The van der Waals surface area contributed by atoms with Gasteiger partial charge in [0.25, 0.3) is 0 Å². The van der Waals surface area contributed by atoms with Crippen molar-refractivity contribution in [3.8, 4) is 0 Å². The highest BCUT2D eigenvalue weighted by molar-refractivity contribution is 4.91. The van der Waals surface area contributed by atoms with E-state index in [0.29, 0.717) is 0 Å². The van der Waals surface area contributed by atoms with Gasteiger partial charge in [0.15, 0.2) is 12.6 Å². The molecule has 11 nitrogen and oxygen atoms in total. The van der Waals surface area contributed by atoms with Crippen molar-refractivity contribution in [3.63, 3.8) is 0 Å². The molecule has 0 aliphatic carbocycles. The van der Waals surface area contributed by atoms with Crippen molar-refractivity contribution in [1.82, 2.24) is 0 Å². The van der Waals surface area contributed by atoms with E-state index in [0.717, 1.165) is 0 Å². The van der Waals surface area contributed by atoms with E-state index in [1.165, 1.54) is 0 Å². The lowest BCUT2D eigenvalue weighted by Gasteiger charge is -2.41. The summed E-state index contributed by atoms with van der Waals surface area (Å²) in [6.45, 7) is -1.10. The maximum atomic E-state index is 9.78. The third-order valence-corrected chi connectivity index (χ3v) is 3.96. The molecule has 2 fully saturated rings. The van der Waals surface area contributed by atoms with Gasteiger partial charge < -0.3 is 55.1 Å². The summed E-state index contributed by atoms with van der Waals surface area (Å²) in [5.41, 5.74) is 0. The second-order valence-electron chi connectivity index (χ2n) is 5.57. The molecule has 136 valence electrons. The fourth-order valence-corrected chi connectivity index (χ4v) is 2.46. The van der Waals surface area contributed by atoms with Crippen molar-refractivity contribution < 1.29 is 55.1 Å². The molecule has 0 radical (unpaired) electrons. The normalized spacial score (nSPS) is 51.7. The maximum absolute atomic E-state index is 9.78. The summed E-state index contributed by atoms with van der Waals surface area (Å²) in [5, 5.41) is 76.1. The van der Waals surface area contributed by atoms with Crippen LogP contribution in [0.25, 0.3) is 0 Å². The average Bonchev–Trinajstić information content (AvgIpc) is 2.54. The molecule has 8 N–H and O–H groups in total. The third kappa shape index (κ3) is 3.81. The van der Waals surface area contributed by atoms with E-state index in [1.54, 1.807) is 0 Å². The van der Waals surface area contributed by atoms with Crippen LogP contribution >= 0.6 is 0 Å². The Morgan fingerprint density at radius 1 is 0.652 bits per heavy atom. The second-order valence-corrected chi connectivity index (χ2v) is 5.57. The minimum absolute atomic E-state index is 0.468. The molecule has 2 aliphatic rings. The summed E-state index contributed by atoms with van der Waals surface area (Å²) in [6.07, 6.45) is -15.3. The first-order chi connectivity index (χ1) is 10.8. The van der Waals surface area contributed by atoms with Gasteiger partial charge in [0.2, 0.25) is 0 Å². The van der Waals surface area contributed by atoms with E-state index in [4.69, 9.17) is 19.3 Å². The van der Waals surface area contributed by atoms with Gasteiger partial charge in [0, 0.05) is 0 Å². The fraction of sp³-hybridized carbons (Fsp3) is 1.00. The summed E-state index contributed by atoms with van der Waals surface area (Å²) in [6, 6.07) is 0. The molecule has 10 atom stereocenters. The highest BCUT2D eigenvalue weighted by atomic mass is 16.7. The Bertz CT molecular complexity index is 380. The summed E-state index contributed by atoms with van der Waals surface area (Å²) in [7, 11) is 0. The van der Waals surface area contributed by atoms with Crippen LogP contribution in [0.1, 0.15) is 0 Å².